The number of anilines is 5. The van der Waals surface area contributed by atoms with E-state index in [1.807, 2.05) is 20.8 Å². The lowest BCUT2D eigenvalue weighted by atomic mass is 9.95. The van der Waals surface area contributed by atoms with Crippen molar-refractivity contribution in [1.82, 2.24) is 15.3 Å². The molecule has 4 N–H and O–H groups in total. The fourth-order valence-corrected chi connectivity index (χ4v) is 4.20. The van der Waals surface area contributed by atoms with Crippen LogP contribution in [0.15, 0.2) is 40.1 Å². The van der Waals surface area contributed by atoms with E-state index in [2.05, 4.69) is 31.2 Å². The third-order valence-electron chi connectivity index (χ3n) is 5.97. The first-order chi connectivity index (χ1) is 17.1. The molecule has 0 saturated heterocycles. The number of carbonyl (C=O) groups excluding carboxylic acids is 1. The Hall–Kier alpha value is -3.95. The first-order valence-electron chi connectivity index (χ1n) is 12.1. The number of ether oxygens (including phenoxy) is 1. The average Bonchev–Trinajstić information content (AvgIpc) is 2.86. The summed E-state index contributed by atoms with van der Waals surface area (Å²) in [4.78, 5) is 45.6. The minimum absolute atomic E-state index is 0.136. The lowest BCUT2D eigenvalue weighted by molar-refractivity contribution is 0.0927. The van der Waals surface area contributed by atoms with Crippen LogP contribution in [-0.2, 0) is 0 Å². The van der Waals surface area contributed by atoms with Gasteiger partial charge in [0.2, 0.25) is 5.95 Å². The Morgan fingerprint density at radius 2 is 1.72 bits per heavy atom. The van der Waals surface area contributed by atoms with Crippen LogP contribution in [0.3, 0.4) is 0 Å². The summed E-state index contributed by atoms with van der Waals surface area (Å²) in [5.74, 6) is 0.946. The Balaban J connectivity index is 1.51. The minimum Gasteiger partial charge on any atom is -0.495 e. The van der Waals surface area contributed by atoms with E-state index < -0.39 is 10.9 Å². The van der Waals surface area contributed by atoms with Gasteiger partial charge in [0.15, 0.2) is 0 Å². The van der Waals surface area contributed by atoms with Crippen LogP contribution in [0.5, 0.6) is 5.75 Å². The highest BCUT2D eigenvalue weighted by molar-refractivity contribution is 5.96. The van der Waals surface area contributed by atoms with Gasteiger partial charge in [-0.2, -0.15) is 4.98 Å². The van der Waals surface area contributed by atoms with Crippen molar-refractivity contribution in [3.05, 3.63) is 56.5 Å². The number of rotatable bonds is 8. The SMILES string of the molecule is COc1ccc(C(=O)NC2CCCCC2)cc1Nc1nccc(Nc2c(NC(C)(C)C)c(=O)c2=O)n1. The molecule has 10 nitrogen and oxygen atoms in total. The van der Waals surface area contributed by atoms with E-state index in [1.54, 1.807) is 24.3 Å². The summed E-state index contributed by atoms with van der Waals surface area (Å²) in [7, 11) is 1.54. The van der Waals surface area contributed by atoms with Crippen LogP contribution in [-0.4, -0.2) is 34.6 Å². The Morgan fingerprint density at radius 1 is 1.00 bits per heavy atom. The molecular formula is C26H32N6O4. The molecule has 0 spiro atoms. The molecule has 190 valence electrons. The van der Waals surface area contributed by atoms with Crippen LogP contribution in [0.25, 0.3) is 0 Å². The van der Waals surface area contributed by atoms with Gasteiger partial charge in [0, 0.05) is 23.3 Å². The molecule has 1 aliphatic carbocycles. The van der Waals surface area contributed by atoms with Crippen LogP contribution in [0, 0.1) is 0 Å². The zero-order valence-electron chi connectivity index (χ0n) is 21.0. The summed E-state index contributed by atoms with van der Waals surface area (Å²) < 4.78 is 5.45. The zero-order chi connectivity index (χ0) is 25.9. The third-order valence-corrected chi connectivity index (χ3v) is 5.97. The Morgan fingerprint density at radius 3 is 2.42 bits per heavy atom. The van der Waals surface area contributed by atoms with Crippen LogP contribution in [0.2, 0.25) is 0 Å². The van der Waals surface area contributed by atoms with Crippen LogP contribution >= 0.6 is 0 Å². The fourth-order valence-electron chi connectivity index (χ4n) is 4.20. The van der Waals surface area contributed by atoms with Crippen molar-refractivity contribution < 1.29 is 9.53 Å². The number of methoxy groups -OCH3 is 1. The summed E-state index contributed by atoms with van der Waals surface area (Å²) in [5, 5.41) is 12.2. The number of nitrogens with one attached hydrogen (secondary N) is 4. The molecule has 1 fully saturated rings. The quantitative estimate of drug-likeness (QED) is 0.346. The molecule has 0 bridgehead atoms. The molecule has 0 atom stereocenters. The predicted octanol–water partition coefficient (Wildman–Crippen LogP) is 3.84. The molecule has 1 aromatic heterocycles. The van der Waals surface area contributed by atoms with Gasteiger partial charge in [-0.05, 0) is 57.9 Å². The third kappa shape index (κ3) is 5.81. The second kappa shape index (κ2) is 10.3. The van der Waals surface area contributed by atoms with Gasteiger partial charge in [-0.15, -0.1) is 0 Å². The van der Waals surface area contributed by atoms with Gasteiger partial charge in [-0.25, -0.2) is 4.98 Å². The van der Waals surface area contributed by atoms with Crippen molar-refractivity contribution in [1.29, 1.82) is 0 Å². The van der Waals surface area contributed by atoms with Gasteiger partial charge in [0.25, 0.3) is 16.8 Å². The molecule has 0 radical (unpaired) electrons. The molecule has 3 aromatic rings. The van der Waals surface area contributed by atoms with Crippen molar-refractivity contribution in [3.63, 3.8) is 0 Å². The number of hydrogen-bond acceptors (Lipinski definition) is 9. The molecule has 10 heteroatoms. The molecule has 1 amide bonds. The van der Waals surface area contributed by atoms with E-state index in [-0.39, 0.29) is 34.8 Å². The number of nitrogens with zero attached hydrogens (tertiary/aromatic N) is 2. The van der Waals surface area contributed by atoms with Crippen LogP contribution < -0.4 is 36.9 Å². The summed E-state index contributed by atoms with van der Waals surface area (Å²) in [6, 6.07) is 6.92. The number of benzene rings is 1. The van der Waals surface area contributed by atoms with Crippen molar-refractivity contribution in [2.24, 2.45) is 0 Å². The smallest absolute Gasteiger partial charge is 0.253 e. The molecule has 1 saturated carbocycles. The molecule has 4 rings (SSSR count). The maximum atomic E-state index is 12.8. The lowest BCUT2D eigenvalue weighted by Crippen LogP contribution is -2.41. The maximum absolute atomic E-state index is 12.8. The van der Waals surface area contributed by atoms with E-state index in [9.17, 15) is 14.4 Å². The van der Waals surface area contributed by atoms with Gasteiger partial charge >= 0.3 is 0 Å². The van der Waals surface area contributed by atoms with Crippen molar-refractivity contribution >= 4 is 34.7 Å². The Labute approximate surface area is 209 Å². The summed E-state index contributed by atoms with van der Waals surface area (Å²) in [6.07, 6.45) is 6.99. The maximum Gasteiger partial charge on any atom is 0.253 e. The van der Waals surface area contributed by atoms with E-state index >= 15 is 0 Å². The lowest BCUT2D eigenvalue weighted by Gasteiger charge is -2.24. The van der Waals surface area contributed by atoms with Gasteiger partial charge < -0.3 is 26.0 Å². The Kier molecular flexibility index (Phi) is 7.23. The highest BCUT2D eigenvalue weighted by Gasteiger charge is 2.25. The van der Waals surface area contributed by atoms with Crippen molar-refractivity contribution in [3.8, 4) is 5.75 Å². The second-order valence-electron chi connectivity index (χ2n) is 10.0. The number of amides is 1. The van der Waals surface area contributed by atoms with Gasteiger partial charge in [0.1, 0.15) is 22.9 Å². The molecule has 36 heavy (non-hydrogen) atoms. The summed E-state index contributed by atoms with van der Waals surface area (Å²) >= 11 is 0. The molecule has 1 heterocycles. The summed E-state index contributed by atoms with van der Waals surface area (Å²) in [6.45, 7) is 5.70. The highest BCUT2D eigenvalue weighted by Crippen LogP contribution is 2.29. The number of aromatic nitrogens is 2. The minimum atomic E-state index is -0.603. The standard InChI is InChI=1S/C26H32N6O4/c1-26(2,3)32-21-20(22(33)23(21)34)30-19-12-13-27-25(31-19)29-17-14-15(10-11-18(17)36-4)24(35)28-16-8-6-5-7-9-16/h10-14,16,32H,5-9H2,1-4H3,(H,28,35)(H2,27,29,30,31). The normalized spacial score (nSPS) is 14.3. The molecule has 1 aliphatic rings. The van der Waals surface area contributed by atoms with Crippen LogP contribution in [0.1, 0.15) is 63.2 Å². The van der Waals surface area contributed by atoms with Crippen LogP contribution in [0.4, 0.5) is 28.8 Å². The van der Waals surface area contributed by atoms with E-state index in [0.29, 0.717) is 22.8 Å². The Bertz CT molecular complexity index is 1320. The van der Waals surface area contributed by atoms with E-state index in [0.717, 1.165) is 25.7 Å². The molecular weight excluding hydrogens is 460 g/mol. The first kappa shape index (κ1) is 25.2. The van der Waals surface area contributed by atoms with Gasteiger partial charge in [-0.3, -0.25) is 14.4 Å². The molecule has 0 aliphatic heterocycles. The average molecular weight is 493 g/mol. The number of carbonyl (C=O) groups is 1. The largest absolute Gasteiger partial charge is 0.495 e. The van der Waals surface area contributed by atoms with E-state index in [4.69, 9.17) is 4.74 Å². The van der Waals surface area contributed by atoms with Crippen molar-refractivity contribution in [2.45, 2.75) is 64.5 Å². The molecule has 0 unspecified atom stereocenters. The summed E-state index contributed by atoms with van der Waals surface area (Å²) in [5.41, 5.74) is -0.129. The molecule has 2 aromatic carbocycles. The zero-order valence-corrected chi connectivity index (χ0v) is 21.0. The second-order valence-corrected chi connectivity index (χ2v) is 10.0. The van der Waals surface area contributed by atoms with E-state index in [1.165, 1.54) is 19.7 Å². The topological polar surface area (TPSA) is 134 Å². The van der Waals surface area contributed by atoms with Gasteiger partial charge in [0.05, 0.1) is 12.8 Å². The van der Waals surface area contributed by atoms with Crippen molar-refractivity contribution in [2.75, 3.05) is 23.1 Å². The predicted molar refractivity (Wildman–Crippen MR) is 141 cm³/mol. The fraction of sp³-hybridized carbons (Fsp3) is 0.423. The highest BCUT2D eigenvalue weighted by atomic mass is 16.5. The monoisotopic (exact) mass is 492 g/mol. The van der Waals surface area contributed by atoms with Gasteiger partial charge in [-0.1, -0.05) is 19.3 Å². The number of hydrogen-bond donors (Lipinski definition) is 4. The first-order valence-corrected chi connectivity index (χ1v) is 12.1.